The Morgan fingerprint density at radius 1 is 1.16 bits per heavy atom. The van der Waals surface area contributed by atoms with E-state index in [1.165, 1.54) is 0 Å². The molecule has 0 saturated heterocycles. The first-order valence-electron chi connectivity index (χ1n) is 6.04. The zero-order valence-corrected chi connectivity index (χ0v) is 10.2. The minimum atomic E-state index is -0.829. The number of hydrogen-bond donors (Lipinski definition) is 2. The maximum absolute atomic E-state index is 10.4. The second-order valence-electron chi connectivity index (χ2n) is 4.28. The van der Waals surface area contributed by atoms with E-state index in [1.54, 1.807) is 36.5 Å². The van der Waals surface area contributed by atoms with E-state index >= 15 is 0 Å². The molecule has 0 aliphatic carbocycles. The standard InChI is InChI=1S/C14H14N2O3/c15-14-10(2-1-5-16-14)13(17)9-3-4-11-12(8-9)19-7-6-18-11/h1-5,8,13,17H,6-7H2,(H2,15,16). The second-order valence-corrected chi connectivity index (χ2v) is 4.28. The van der Waals surface area contributed by atoms with Crippen LogP contribution in [0.4, 0.5) is 5.82 Å². The number of pyridine rings is 1. The number of ether oxygens (including phenoxy) is 2. The van der Waals surface area contributed by atoms with Crippen LogP contribution >= 0.6 is 0 Å². The van der Waals surface area contributed by atoms with Gasteiger partial charge in [0, 0.05) is 11.8 Å². The van der Waals surface area contributed by atoms with Gasteiger partial charge >= 0.3 is 0 Å². The number of nitrogen functional groups attached to an aromatic ring is 1. The maximum atomic E-state index is 10.4. The first-order valence-corrected chi connectivity index (χ1v) is 6.04. The summed E-state index contributed by atoms with van der Waals surface area (Å²) >= 11 is 0. The minimum Gasteiger partial charge on any atom is -0.486 e. The number of hydrogen-bond acceptors (Lipinski definition) is 5. The van der Waals surface area contributed by atoms with Gasteiger partial charge in [0.25, 0.3) is 0 Å². The Morgan fingerprint density at radius 2 is 1.95 bits per heavy atom. The molecule has 5 nitrogen and oxygen atoms in total. The van der Waals surface area contributed by atoms with Crippen LogP contribution in [0.2, 0.25) is 0 Å². The summed E-state index contributed by atoms with van der Waals surface area (Å²) in [5.41, 5.74) is 7.05. The highest BCUT2D eigenvalue weighted by molar-refractivity contribution is 5.49. The molecule has 3 rings (SSSR count). The van der Waals surface area contributed by atoms with Crippen LogP contribution in [0.15, 0.2) is 36.5 Å². The first kappa shape index (κ1) is 11.8. The molecule has 1 aromatic heterocycles. The van der Waals surface area contributed by atoms with Crippen LogP contribution in [0.3, 0.4) is 0 Å². The Hall–Kier alpha value is -2.27. The molecule has 5 heteroatoms. The van der Waals surface area contributed by atoms with Crippen molar-refractivity contribution in [2.75, 3.05) is 18.9 Å². The van der Waals surface area contributed by atoms with Gasteiger partial charge in [-0.25, -0.2) is 4.98 Å². The number of aliphatic hydroxyl groups excluding tert-OH is 1. The summed E-state index contributed by atoms with van der Waals surface area (Å²) in [6, 6.07) is 8.85. The average molecular weight is 258 g/mol. The van der Waals surface area contributed by atoms with E-state index in [-0.39, 0.29) is 0 Å². The number of benzene rings is 1. The zero-order chi connectivity index (χ0) is 13.2. The van der Waals surface area contributed by atoms with E-state index in [9.17, 15) is 5.11 Å². The van der Waals surface area contributed by atoms with Crippen molar-refractivity contribution in [1.82, 2.24) is 4.98 Å². The number of anilines is 1. The van der Waals surface area contributed by atoms with Crippen LogP contribution in [0.1, 0.15) is 17.2 Å². The van der Waals surface area contributed by atoms with Crippen LogP contribution < -0.4 is 15.2 Å². The molecule has 1 aliphatic heterocycles. The number of fused-ring (bicyclic) bond motifs is 1. The summed E-state index contributed by atoms with van der Waals surface area (Å²) in [6.45, 7) is 1.06. The quantitative estimate of drug-likeness (QED) is 0.854. The van der Waals surface area contributed by atoms with E-state index in [2.05, 4.69) is 4.98 Å². The average Bonchev–Trinajstić information content (AvgIpc) is 2.46. The molecule has 1 atom stereocenters. The maximum Gasteiger partial charge on any atom is 0.161 e. The largest absolute Gasteiger partial charge is 0.486 e. The lowest BCUT2D eigenvalue weighted by Crippen LogP contribution is -2.15. The van der Waals surface area contributed by atoms with Gasteiger partial charge in [-0.1, -0.05) is 12.1 Å². The SMILES string of the molecule is Nc1ncccc1C(O)c1ccc2c(c1)OCCO2. The molecule has 19 heavy (non-hydrogen) atoms. The molecular formula is C14H14N2O3. The molecule has 0 fully saturated rings. The van der Waals surface area contributed by atoms with Crippen molar-refractivity contribution in [3.05, 3.63) is 47.7 Å². The fraction of sp³-hybridized carbons (Fsp3) is 0.214. The molecule has 1 unspecified atom stereocenters. The Morgan fingerprint density at radius 3 is 2.74 bits per heavy atom. The van der Waals surface area contributed by atoms with Crippen molar-refractivity contribution in [3.63, 3.8) is 0 Å². The molecule has 0 amide bonds. The Kier molecular flexibility index (Phi) is 2.97. The van der Waals surface area contributed by atoms with Crippen LogP contribution in [-0.2, 0) is 0 Å². The smallest absolute Gasteiger partial charge is 0.161 e. The summed E-state index contributed by atoms with van der Waals surface area (Å²) in [6.07, 6.45) is 0.763. The molecule has 0 bridgehead atoms. The fourth-order valence-corrected chi connectivity index (χ4v) is 2.07. The third-order valence-corrected chi connectivity index (χ3v) is 3.05. The highest BCUT2D eigenvalue weighted by Gasteiger charge is 2.18. The highest BCUT2D eigenvalue weighted by atomic mass is 16.6. The van der Waals surface area contributed by atoms with Gasteiger partial charge in [0.15, 0.2) is 11.5 Å². The lowest BCUT2D eigenvalue weighted by molar-refractivity contribution is 0.169. The molecule has 0 saturated carbocycles. The summed E-state index contributed by atoms with van der Waals surface area (Å²) < 4.78 is 10.9. The minimum absolute atomic E-state index is 0.324. The predicted molar refractivity (Wildman–Crippen MR) is 70.1 cm³/mol. The number of aromatic nitrogens is 1. The second kappa shape index (κ2) is 4.78. The first-order chi connectivity index (χ1) is 9.25. The molecule has 3 N–H and O–H groups in total. The Bertz CT molecular complexity index is 601. The van der Waals surface area contributed by atoms with Gasteiger partial charge in [-0.15, -0.1) is 0 Å². The number of aliphatic hydroxyl groups is 1. The monoisotopic (exact) mass is 258 g/mol. The molecule has 98 valence electrons. The third-order valence-electron chi connectivity index (χ3n) is 3.05. The zero-order valence-electron chi connectivity index (χ0n) is 10.2. The van der Waals surface area contributed by atoms with E-state index < -0.39 is 6.10 Å². The molecule has 2 heterocycles. The van der Waals surface area contributed by atoms with Crippen LogP contribution in [0, 0.1) is 0 Å². The van der Waals surface area contributed by atoms with Crippen LogP contribution in [0.5, 0.6) is 11.5 Å². The summed E-state index contributed by atoms with van der Waals surface area (Å²) in [7, 11) is 0. The third kappa shape index (κ3) is 2.20. The van der Waals surface area contributed by atoms with Crippen molar-refractivity contribution in [3.8, 4) is 11.5 Å². The van der Waals surface area contributed by atoms with Gasteiger partial charge in [0.2, 0.25) is 0 Å². The van der Waals surface area contributed by atoms with E-state index in [0.29, 0.717) is 41.7 Å². The topological polar surface area (TPSA) is 77.6 Å². The number of rotatable bonds is 2. The van der Waals surface area contributed by atoms with Gasteiger partial charge in [-0.05, 0) is 23.8 Å². The molecule has 0 spiro atoms. The number of nitrogens with two attached hydrogens (primary N) is 1. The molecule has 2 aromatic rings. The van der Waals surface area contributed by atoms with Gasteiger partial charge < -0.3 is 20.3 Å². The van der Waals surface area contributed by atoms with Gasteiger partial charge in [-0.2, -0.15) is 0 Å². The lowest BCUT2D eigenvalue weighted by Gasteiger charge is -2.20. The number of nitrogens with zero attached hydrogens (tertiary/aromatic N) is 1. The summed E-state index contributed by atoms with van der Waals surface area (Å²) in [5, 5.41) is 10.4. The van der Waals surface area contributed by atoms with E-state index in [1.807, 2.05) is 0 Å². The van der Waals surface area contributed by atoms with Gasteiger partial charge in [0.05, 0.1) is 0 Å². The Labute approximate surface area is 110 Å². The molecular weight excluding hydrogens is 244 g/mol. The van der Waals surface area contributed by atoms with E-state index in [4.69, 9.17) is 15.2 Å². The van der Waals surface area contributed by atoms with Crippen molar-refractivity contribution >= 4 is 5.82 Å². The van der Waals surface area contributed by atoms with Crippen molar-refractivity contribution < 1.29 is 14.6 Å². The lowest BCUT2D eigenvalue weighted by atomic mass is 10.0. The highest BCUT2D eigenvalue weighted by Crippen LogP contribution is 2.34. The van der Waals surface area contributed by atoms with Crippen molar-refractivity contribution in [1.29, 1.82) is 0 Å². The Balaban J connectivity index is 1.96. The van der Waals surface area contributed by atoms with Crippen LogP contribution in [0.25, 0.3) is 0 Å². The fourth-order valence-electron chi connectivity index (χ4n) is 2.07. The van der Waals surface area contributed by atoms with Gasteiger partial charge in [0.1, 0.15) is 25.1 Å². The van der Waals surface area contributed by atoms with Crippen molar-refractivity contribution in [2.24, 2.45) is 0 Å². The van der Waals surface area contributed by atoms with Gasteiger partial charge in [-0.3, -0.25) is 0 Å². The summed E-state index contributed by atoms with van der Waals surface area (Å²) in [4.78, 5) is 3.98. The predicted octanol–water partition coefficient (Wildman–Crippen LogP) is 1.52. The van der Waals surface area contributed by atoms with Crippen LogP contribution in [-0.4, -0.2) is 23.3 Å². The van der Waals surface area contributed by atoms with E-state index in [0.717, 1.165) is 0 Å². The molecule has 0 radical (unpaired) electrons. The summed E-state index contributed by atoms with van der Waals surface area (Å²) in [5.74, 6) is 1.66. The molecule has 1 aliphatic rings. The molecule has 1 aromatic carbocycles. The normalized spacial score (nSPS) is 15.0. The van der Waals surface area contributed by atoms with Crippen molar-refractivity contribution in [2.45, 2.75) is 6.10 Å².